The summed E-state index contributed by atoms with van der Waals surface area (Å²) in [5.74, 6) is -0.217. The van der Waals surface area contributed by atoms with Gasteiger partial charge in [0.2, 0.25) is 0 Å². The highest BCUT2D eigenvalue weighted by Crippen LogP contribution is 2.17. The van der Waals surface area contributed by atoms with Crippen molar-refractivity contribution in [2.24, 2.45) is 0 Å². The first kappa shape index (κ1) is 19.5. The van der Waals surface area contributed by atoms with Crippen LogP contribution in [0.15, 0.2) is 48.5 Å². The SMILES string of the molecule is CCCCN(C)C(=O)c1ccc(C(=O)Nc2ccc(N(C)C)cc2)cc1. The van der Waals surface area contributed by atoms with Crippen LogP contribution in [0.2, 0.25) is 0 Å². The van der Waals surface area contributed by atoms with Crippen LogP contribution in [0.3, 0.4) is 0 Å². The number of rotatable bonds is 7. The molecule has 5 nitrogen and oxygen atoms in total. The average molecular weight is 353 g/mol. The normalized spacial score (nSPS) is 10.3. The van der Waals surface area contributed by atoms with Crippen LogP contribution < -0.4 is 10.2 Å². The van der Waals surface area contributed by atoms with Gasteiger partial charge >= 0.3 is 0 Å². The summed E-state index contributed by atoms with van der Waals surface area (Å²) in [5.41, 5.74) is 2.92. The van der Waals surface area contributed by atoms with Crippen LogP contribution >= 0.6 is 0 Å². The molecule has 0 spiro atoms. The molecule has 2 rings (SSSR count). The molecule has 0 bridgehead atoms. The van der Waals surface area contributed by atoms with Crippen molar-refractivity contribution in [1.29, 1.82) is 0 Å². The van der Waals surface area contributed by atoms with Crippen LogP contribution in [0, 0.1) is 0 Å². The van der Waals surface area contributed by atoms with Gasteiger partial charge in [-0.3, -0.25) is 9.59 Å². The summed E-state index contributed by atoms with van der Waals surface area (Å²) in [6.45, 7) is 2.83. The smallest absolute Gasteiger partial charge is 0.255 e. The maximum atomic E-state index is 12.4. The van der Waals surface area contributed by atoms with Gasteiger partial charge in [-0.15, -0.1) is 0 Å². The number of unbranched alkanes of at least 4 members (excludes halogenated alkanes) is 1. The van der Waals surface area contributed by atoms with Crippen molar-refractivity contribution in [2.45, 2.75) is 19.8 Å². The third-order valence-electron chi connectivity index (χ3n) is 4.23. The van der Waals surface area contributed by atoms with Gasteiger partial charge in [-0.25, -0.2) is 0 Å². The molecule has 0 aromatic heterocycles. The highest BCUT2D eigenvalue weighted by molar-refractivity contribution is 6.05. The number of hydrogen-bond acceptors (Lipinski definition) is 3. The summed E-state index contributed by atoms with van der Waals surface area (Å²) in [5, 5.41) is 2.87. The van der Waals surface area contributed by atoms with Crippen molar-refractivity contribution < 1.29 is 9.59 Å². The Hall–Kier alpha value is -2.82. The number of benzene rings is 2. The standard InChI is InChI=1S/C21H27N3O2/c1-5-6-15-24(4)21(26)17-9-7-16(8-10-17)20(25)22-18-11-13-19(14-12-18)23(2)3/h7-14H,5-6,15H2,1-4H3,(H,22,25). The molecule has 5 heteroatoms. The van der Waals surface area contributed by atoms with E-state index in [4.69, 9.17) is 0 Å². The van der Waals surface area contributed by atoms with Gasteiger partial charge in [-0.2, -0.15) is 0 Å². The number of hydrogen-bond donors (Lipinski definition) is 1. The predicted molar refractivity (Wildman–Crippen MR) is 107 cm³/mol. The van der Waals surface area contributed by atoms with Crippen molar-refractivity contribution >= 4 is 23.2 Å². The minimum absolute atomic E-state index is 0.0234. The summed E-state index contributed by atoms with van der Waals surface area (Å²) in [6.07, 6.45) is 2.03. The molecule has 0 unspecified atom stereocenters. The quantitative estimate of drug-likeness (QED) is 0.822. The maximum Gasteiger partial charge on any atom is 0.255 e. The summed E-state index contributed by atoms with van der Waals surface area (Å²) in [4.78, 5) is 28.4. The fraction of sp³-hybridized carbons (Fsp3) is 0.333. The molecule has 2 aromatic rings. The molecule has 0 aliphatic carbocycles. The molecular formula is C21H27N3O2. The first-order valence-electron chi connectivity index (χ1n) is 8.86. The molecule has 0 aliphatic heterocycles. The Bertz CT molecular complexity index is 737. The molecule has 2 amide bonds. The summed E-state index contributed by atoms with van der Waals surface area (Å²) >= 11 is 0. The van der Waals surface area contributed by atoms with Gasteiger partial charge in [0.15, 0.2) is 0 Å². The van der Waals surface area contributed by atoms with Crippen LogP contribution in [0.4, 0.5) is 11.4 Å². The zero-order chi connectivity index (χ0) is 19.1. The number of anilines is 2. The summed E-state index contributed by atoms with van der Waals surface area (Å²) in [7, 11) is 5.74. The lowest BCUT2D eigenvalue weighted by Gasteiger charge is -2.17. The van der Waals surface area contributed by atoms with E-state index in [0.717, 1.165) is 30.8 Å². The third-order valence-corrected chi connectivity index (χ3v) is 4.23. The Morgan fingerprint density at radius 3 is 2.00 bits per heavy atom. The fourth-order valence-electron chi connectivity index (χ4n) is 2.53. The Morgan fingerprint density at radius 1 is 0.885 bits per heavy atom. The molecule has 0 fully saturated rings. The Balaban J connectivity index is 2.00. The van der Waals surface area contributed by atoms with E-state index in [1.165, 1.54) is 0 Å². The summed E-state index contributed by atoms with van der Waals surface area (Å²) < 4.78 is 0. The van der Waals surface area contributed by atoms with E-state index in [1.54, 1.807) is 36.2 Å². The van der Waals surface area contributed by atoms with Crippen molar-refractivity contribution in [2.75, 3.05) is 37.9 Å². The van der Waals surface area contributed by atoms with E-state index < -0.39 is 0 Å². The minimum atomic E-state index is -0.194. The average Bonchev–Trinajstić information content (AvgIpc) is 2.66. The molecule has 0 saturated heterocycles. The first-order valence-corrected chi connectivity index (χ1v) is 8.86. The zero-order valence-electron chi connectivity index (χ0n) is 16.0. The topological polar surface area (TPSA) is 52.7 Å². The molecule has 1 N–H and O–H groups in total. The molecule has 0 saturated carbocycles. The number of carbonyl (C=O) groups excluding carboxylic acids is 2. The van der Waals surface area contributed by atoms with Crippen LogP contribution in [0.5, 0.6) is 0 Å². The monoisotopic (exact) mass is 353 g/mol. The van der Waals surface area contributed by atoms with E-state index in [2.05, 4.69) is 12.2 Å². The van der Waals surface area contributed by atoms with E-state index in [0.29, 0.717) is 11.1 Å². The van der Waals surface area contributed by atoms with Crippen LogP contribution in [0.25, 0.3) is 0 Å². The van der Waals surface area contributed by atoms with Gasteiger partial charge in [-0.05, 0) is 55.0 Å². The highest BCUT2D eigenvalue weighted by atomic mass is 16.2. The largest absolute Gasteiger partial charge is 0.378 e. The molecule has 0 aliphatic rings. The van der Waals surface area contributed by atoms with Crippen molar-refractivity contribution in [3.63, 3.8) is 0 Å². The lowest BCUT2D eigenvalue weighted by molar-refractivity contribution is 0.0792. The fourth-order valence-corrected chi connectivity index (χ4v) is 2.53. The molecule has 0 atom stereocenters. The summed E-state index contributed by atoms with van der Waals surface area (Å²) in [6, 6.07) is 14.4. The van der Waals surface area contributed by atoms with Gasteiger partial charge < -0.3 is 15.1 Å². The Kier molecular flexibility index (Phi) is 6.78. The molecule has 0 radical (unpaired) electrons. The van der Waals surface area contributed by atoms with E-state index in [-0.39, 0.29) is 11.8 Å². The molecule has 138 valence electrons. The van der Waals surface area contributed by atoms with Gasteiger partial charge in [0, 0.05) is 50.2 Å². The number of carbonyl (C=O) groups is 2. The molecule has 26 heavy (non-hydrogen) atoms. The van der Waals surface area contributed by atoms with Gasteiger partial charge in [-0.1, -0.05) is 13.3 Å². The van der Waals surface area contributed by atoms with Gasteiger partial charge in [0.1, 0.15) is 0 Å². The number of nitrogens with zero attached hydrogens (tertiary/aromatic N) is 2. The first-order chi connectivity index (χ1) is 12.4. The van der Waals surface area contributed by atoms with Crippen molar-refractivity contribution in [3.05, 3.63) is 59.7 Å². The zero-order valence-corrected chi connectivity index (χ0v) is 16.0. The second kappa shape index (κ2) is 9.04. The minimum Gasteiger partial charge on any atom is -0.378 e. The van der Waals surface area contributed by atoms with Crippen molar-refractivity contribution in [1.82, 2.24) is 4.90 Å². The Morgan fingerprint density at radius 2 is 1.46 bits per heavy atom. The van der Waals surface area contributed by atoms with Gasteiger partial charge in [0.25, 0.3) is 11.8 Å². The lowest BCUT2D eigenvalue weighted by atomic mass is 10.1. The van der Waals surface area contributed by atoms with Crippen LogP contribution in [-0.2, 0) is 0 Å². The maximum absolute atomic E-state index is 12.4. The Labute approximate surface area is 155 Å². The second-order valence-corrected chi connectivity index (χ2v) is 6.55. The van der Waals surface area contributed by atoms with Crippen LogP contribution in [-0.4, -0.2) is 44.4 Å². The van der Waals surface area contributed by atoms with E-state index in [1.807, 2.05) is 43.3 Å². The third kappa shape index (κ3) is 5.09. The van der Waals surface area contributed by atoms with Gasteiger partial charge in [0.05, 0.1) is 0 Å². The lowest BCUT2D eigenvalue weighted by Crippen LogP contribution is -2.27. The molecular weight excluding hydrogens is 326 g/mol. The number of amides is 2. The van der Waals surface area contributed by atoms with Crippen LogP contribution in [0.1, 0.15) is 40.5 Å². The van der Waals surface area contributed by atoms with E-state index in [9.17, 15) is 9.59 Å². The predicted octanol–water partition coefficient (Wildman–Crippen LogP) is 3.88. The number of nitrogens with one attached hydrogen (secondary N) is 1. The second-order valence-electron chi connectivity index (χ2n) is 6.55. The van der Waals surface area contributed by atoms with E-state index >= 15 is 0 Å². The highest BCUT2D eigenvalue weighted by Gasteiger charge is 2.12. The molecule has 2 aromatic carbocycles. The van der Waals surface area contributed by atoms with Crippen molar-refractivity contribution in [3.8, 4) is 0 Å². The molecule has 0 heterocycles.